The van der Waals surface area contributed by atoms with Crippen LogP contribution in [0.2, 0.25) is 0 Å². The Bertz CT molecular complexity index is 625. The molecule has 3 nitrogen and oxygen atoms in total. The van der Waals surface area contributed by atoms with Crippen LogP contribution in [-0.2, 0) is 6.54 Å². The SMILES string of the molecule is NCCn1c(-c2cccs2)nc2ccccc21. The molecule has 0 fully saturated rings. The Labute approximate surface area is 104 Å². The monoisotopic (exact) mass is 243 g/mol. The largest absolute Gasteiger partial charge is 0.329 e. The summed E-state index contributed by atoms with van der Waals surface area (Å²) in [7, 11) is 0. The summed E-state index contributed by atoms with van der Waals surface area (Å²) in [6, 6.07) is 12.3. The summed E-state index contributed by atoms with van der Waals surface area (Å²) in [5.74, 6) is 1.02. The second-order valence-corrected chi connectivity index (χ2v) is 4.79. The molecule has 0 spiro atoms. The number of thiophene rings is 1. The van der Waals surface area contributed by atoms with Gasteiger partial charge in [0.1, 0.15) is 0 Å². The van der Waals surface area contributed by atoms with Gasteiger partial charge >= 0.3 is 0 Å². The maximum absolute atomic E-state index is 5.69. The summed E-state index contributed by atoms with van der Waals surface area (Å²) in [6.07, 6.45) is 0. The molecule has 0 aliphatic rings. The van der Waals surface area contributed by atoms with Gasteiger partial charge in [-0.15, -0.1) is 11.3 Å². The molecule has 3 rings (SSSR count). The van der Waals surface area contributed by atoms with Crippen molar-refractivity contribution in [2.45, 2.75) is 6.54 Å². The minimum Gasteiger partial charge on any atom is -0.329 e. The van der Waals surface area contributed by atoms with Crippen LogP contribution in [0.3, 0.4) is 0 Å². The first-order valence-corrected chi connectivity index (χ1v) is 6.47. The highest BCUT2D eigenvalue weighted by molar-refractivity contribution is 7.13. The molecule has 0 aliphatic heterocycles. The van der Waals surface area contributed by atoms with E-state index < -0.39 is 0 Å². The van der Waals surface area contributed by atoms with Crippen LogP contribution in [-0.4, -0.2) is 16.1 Å². The average Bonchev–Trinajstić information content (AvgIpc) is 2.97. The molecule has 1 aromatic carbocycles. The Morgan fingerprint density at radius 2 is 2.06 bits per heavy atom. The van der Waals surface area contributed by atoms with Crippen molar-refractivity contribution in [2.75, 3.05) is 6.54 Å². The van der Waals surface area contributed by atoms with Crippen LogP contribution in [0.5, 0.6) is 0 Å². The van der Waals surface area contributed by atoms with E-state index in [4.69, 9.17) is 10.7 Å². The van der Waals surface area contributed by atoms with Crippen molar-refractivity contribution in [3.05, 3.63) is 41.8 Å². The molecule has 3 aromatic rings. The summed E-state index contributed by atoms with van der Waals surface area (Å²) < 4.78 is 2.20. The quantitative estimate of drug-likeness (QED) is 0.768. The van der Waals surface area contributed by atoms with Crippen molar-refractivity contribution >= 4 is 22.4 Å². The molecule has 0 aliphatic carbocycles. The Hall–Kier alpha value is -1.65. The highest BCUT2D eigenvalue weighted by atomic mass is 32.1. The van der Waals surface area contributed by atoms with E-state index in [2.05, 4.69) is 22.1 Å². The van der Waals surface area contributed by atoms with E-state index in [0.29, 0.717) is 6.54 Å². The standard InChI is InChI=1S/C13H13N3S/c14-7-8-16-11-5-2-1-4-10(11)15-13(16)12-6-3-9-17-12/h1-6,9H,7-8,14H2. The van der Waals surface area contributed by atoms with Gasteiger partial charge in [0.15, 0.2) is 5.82 Å². The molecule has 17 heavy (non-hydrogen) atoms. The van der Waals surface area contributed by atoms with Gasteiger partial charge in [-0.3, -0.25) is 0 Å². The van der Waals surface area contributed by atoms with Gasteiger partial charge in [0.2, 0.25) is 0 Å². The number of nitrogens with zero attached hydrogens (tertiary/aromatic N) is 2. The van der Waals surface area contributed by atoms with Crippen LogP contribution in [0.4, 0.5) is 0 Å². The first-order valence-electron chi connectivity index (χ1n) is 5.59. The van der Waals surface area contributed by atoms with Crippen molar-refractivity contribution in [3.8, 4) is 10.7 Å². The first kappa shape index (κ1) is 10.5. The first-order chi connectivity index (χ1) is 8.40. The number of rotatable bonds is 3. The molecule has 0 saturated carbocycles. The van der Waals surface area contributed by atoms with Gasteiger partial charge in [-0.25, -0.2) is 4.98 Å². The lowest BCUT2D eigenvalue weighted by molar-refractivity contribution is 0.736. The van der Waals surface area contributed by atoms with Crippen molar-refractivity contribution < 1.29 is 0 Å². The number of aromatic nitrogens is 2. The summed E-state index contributed by atoms with van der Waals surface area (Å²) >= 11 is 1.71. The number of nitrogens with two attached hydrogens (primary N) is 1. The number of para-hydroxylation sites is 2. The van der Waals surface area contributed by atoms with Gasteiger partial charge in [0.25, 0.3) is 0 Å². The lowest BCUT2D eigenvalue weighted by Gasteiger charge is -2.05. The average molecular weight is 243 g/mol. The third-order valence-corrected chi connectivity index (χ3v) is 3.61. The molecule has 0 saturated heterocycles. The van der Waals surface area contributed by atoms with E-state index in [0.717, 1.165) is 23.4 Å². The fourth-order valence-corrected chi connectivity index (χ4v) is 2.75. The highest BCUT2D eigenvalue weighted by Crippen LogP contribution is 2.27. The number of fused-ring (bicyclic) bond motifs is 1. The van der Waals surface area contributed by atoms with Gasteiger partial charge < -0.3 is 10.3 Å². The number of hydrogen-bond acceptors (Lipinski definition) is 3. The van der Waals surface area contributed by atoms with Crippen LogP contribution in [0, 0.1) is 0 Å². The molecule has 0 bridgehead atoms. The fourth-order valence-electron chi connectivity index (χ4n) is 2.02. The predicted molar refractivity (Wildman–Crippen MR) is 72.1 cm³/mol. The second-order valence-electron chi connectivity index (χ2n) is 3.84. The summed E-state index contributed by atoms with van der Waals surface area (Å²) in [5, 5.41) is 2.07. The van der Waals surface area contributed by atoms with Crippen molar-refractivity contribution in [2.24, 2.45) is 5.73 Å². The van der Waals surface area contributed by atoms with Crippen LogP contribution in [0.15, 0.2) is 41.8 Å². The zero-order valence-electron chi connectivity index (χ0n) is 9.34. The molecular weight excluding hydrogens is 230 g/mol. The number of imidazole rings is 1. The van der Waals surface area contributed by atoms with Crippen LogP contribution < -0.4 is 5.73 Å². The molecular formula is C13H13N3S. The number of benzene rings is 1. The van der Waals surface area contributed by atoms with Gasteiger partial charge in [-0.1, -0.05) is 18.2 Å². The van der Waals surface area contributed by atoms with E-state index in [1.165, 1.54) is 4.88 Å². The molecule has 0 atom stereocenters. The van der Waals surface area contributed by atoms with Crippen molar-refractivity contribution in [1.29, 1.82) is 0 Å². The summed E-state index contributed by atoms with van der Waals surface area (Å²) in [5.41, 5.74) is 7.87. The van der Waals surface area contributed by atoms with Crippen molar-refractivity contribution in [1.82, 2.24) is 9.55 Å². The van der Waals surface area contributed by atoms with Crippen LogP contribution >= 0.6 is 11.3 Å². The van der Waals surface area contributed by atoms with E-state index >= 15 is 0 Å². The van der Waals surface area contributed by atoms with Crippen molar-refractivity contribution in [3.63, 3.8) is 0 Å². The van der Waals surface area contributed by atoms with Gasteiger partial charge in [0.05, 0.1) is 15.9 Å². The lowest BCUT2D eigenvalue weighted by atomic mass is 10.3. The lowest BCUT2D eigenvalue weighted by Crippen LogP contribution is -2.10. The molecule has 0 amide bonds. The zero-order chi connectivity index (χ0) is 11.7. The van der Waals surface area contributed by atoms with E-state index in [9.17, 15) is 0 Å². The Kier molecular flexibility index (Phi) is 2.66. The fraction of sp³-hybridized carbons (Fsp3) is 0.154. The van der Waals surface area contributed by atoms with E-state index in [1.54, 1.807) is 11.3 Å². The molecule has 0 radical (unpaired) electrons. The molecule has 0 unspecified atom stereocenters. The van der Waals surface area contributed by atoms with E-state index in [-0.39, 0.29) is 0 Å². The Morgan fingerprint density at radius 1 is 1.18 bits per heavy atom. The summed E-state index contributed by atoms with van der Waals surface area (Å²) in [6.45, 7) is 1.42. The maximum Gasteiger partial charge on any atom is 0.151 e. The molecule has 2 N–H and O–H groups in total. The molecule has 86 valence electrons. The topological polar surface area (TPSA) is 43.8 Å². The van der Waals surface area contributed by atoms with Crippen LogP contribution in [0.1, 0.15) is 0 Å². The minimum absolute atomic E-state index is 0.624. The third kappa shape index (κ3) is 1.75. The number of hydrogen-bond donors (Lipinski definition) is 1. The van der Waals surface area contributed by atoms with Gasteiger partial charge in [-0.2, -0.15) is 0 Å². The normalized spacial score (nSPS) is 11.1. The molecule has 4 heteroatoms. The maximum atomic E-state index is 5.69. The van der Waals surface area contributed by atoms with E-state index in [1.807, 2.05) is 24.3 Å². The minimum atomic E-state index is 0.624. The van der Waals surface area contributed by atoms with Gasteiger partial charge in [0, 0.05) is 13.1 Å². The zero-order valence-corrected chi connectivity index (χ0v) is 10.2. The second kappa shape index (κ2) is 4.31. The Balaban J connectivity index is 2.26. The molecule has 2 aromatic heterocycles. The molecule has 2 heterocycles. The van der Waals surface area contributed by atoms with Crippen LogP contribution in [0.25, 0.3) is 21.7 Å². The third-order valence-electron chi connectivity index (χ3n) is 2.75. The van der Waals surface area contributed by atoms with Gasteiger partial charge in [-0.05, 0) is 23.6 Å². The smallest absolute Gasteiger partial charge is 0.151 e. The highest BCUT2D eigenvalue weighted by Gasteiger charge is 2.11. The predicted octanol–water partition coefficient (Wildman–Crippen LogP) is 2.72. The Morgan fingerprint density at radius 3 is 2.82 bits per heavy atom. The summed E-state index contributed by atoms with van der Waals surface area (Å²) in [4.78, 5) is 5.88.